The smallest absolute Gasteiger partial charge is 0.259 e. The van der Waals surface area contributed by atoms with Crippen molar-refractivity contribution in [3.05, 3.63) is 70.6 Å². The van der Waals surface area contributed by atoms with Gasteiger partial charge in [-0.25, -0.2) is 4.68 Å². The molecule has 0 unspecified atom stereocenters. The third-order valence-electron chi connectivity index (χ3n) is 4.21. The Bertz CT molecular complexity index is 1060. The number of benzene rings is 2. The van der Waals surface area contributed by atoms with Crippen LogP contribution in [0.3, 0.4) is 0 Å². The molecule has 0 atom stereocenters. The summed E-state index contributed by atoms with van der Waals surface area (Å²) in [6, 6.07) is 16.0. The van der Waals surface area contributed by atoms with Gasteiger partial charge in [0, 0.05) is 11.6 Å². The summed E-state index contributed by atoms with van der Waals surface area (Å²) in [6.45, 7) is 4.34. The summed E-state index contributed by atoms with van der Waals surface area (Å²) in [7, 11) is 0. The molecular weight excluding hydrogens is 286 g/mol. The van der Waals surface area contributed by atoms with Crippen LogP contribution in [0.5, 0.6) is 0 Å². The largest absolute Gasteiger partial charge is 0.321 e. The number of hydrogen-bond acceptors (Lipinski definition) is 2. The van der Waals surface area contributed by atoms with E-state index in [-0.39, 0.29) is 5.56 Å². The first-order valence-corrected chi connectivity index (χ1v) is 7.74. The van der Waals surface area contributed by atoms with Crippen LogP contribution in [0.15, 0.2) is 59.5 Å². The molecule has 0 amide bonds. The fourth-order valence-electron chi connectivity index (χ4n) is 2.87. The van der Waals surface area contributed by atoms with Crippen molar-refractivity contribution >= 4 is 21.8 Å². The van der Waals surface area contributed by atoms with Crippen LogP contribution in [0.4, 0.5) is 0 Å². The number of rotatable bonds is 2. The minimum Gasteiger partial charge on any atom is -0.321 e. The lowest BCUT2D eigenvalue weighted by molar-refractivity contribution is 0.857. The van der Waals surface area contributed by atoms with Crippen LogP contribution < -0.4 is 5.56 Å². The summed E-state index contributed by atoms with van der Waals surface area (Å²) >= 11 is 0. The van der Waals surface area contributed by atoms with E-state index in [4.69, 9.17) is 0 Å². The highest BCUT2D eigenvalue weighted by Gasteiger charge is 2.10. The van der Waals surface area contributed by atoms with Gasteiger partial charge in [-0.15, -0.1) is 0 Å². The summed E-state index contributed by atoms with van der Waals surface area (Å²) in [6.07, 6.45) is 1.80. The predicted molar refractivity (Wildman–Crippen MR) is 93.3 cm³/mol. The Hall–Kier alpha value is -2.88. The molecule has 2 aromatic heterocycles. The van der Waals surface area contributed by atoms with Crippen LogP contribution >= 0.6 is 0 Å². The van der Waals surface area contributed by atoms with E-state index < -0.39 is 0 Å². The van der Waals surface area contributed by atoms with Gasteiger partial charge in [0.1, 0.15) is 5.52 Å². The summed E-state index contributed by atoms with van der Waals surface area (Å²) in [5.41, 5.74) is 3.68. The first-order chi connectivity index (χ1) is 11.1. The molecule has 4 heteroatoms. The zero-order chi connectivity index (χ0) is 16.0. The van der Waals surface area contributed by atoms with Gasteiger partial charge in [-0.3, -0.25) is 4.79 Å². The number of nitrogens with one attached hydrogen (secondary N) is 1. The zero-order valence-electron chi connectivity index (χ0n) is 13.1. The lowest BCUT2D eigenvalue weighted by Gasteiger charge is -2.06. The molecular formula is C19H17N3O. The third-order valence-corrected chi connectivity index (χ3v) is 4.21. The van der Waals surface area contributed by atoms with Gasteiger partial charge in [-0.05, 0) is 29.7 Å². The Balaban J connectivity index is 1.93. The number of pyridine rings is 1. The molecule has 4 rings (SSSR count). The molecule has 0 aliphatic rings. The quantitative estimate of drug-likeness (QED) is 0.608. The predicted octanol–water partition coefficient (Wildman–Crippen LogP) is 3.99. The Morgan fingerprint density at radius 3 is 2.48 bits per heavy atom. The van der Waals surface area contributed by atoms with Crippen molar-refractivity contribution < 1.29 is 0 Å². The Labute approximate surface area is 133 Å². The number of para-hydroxylation sites is 1. The van der Waals surface area contributed by atoms with E-state index >= 15 is 0 Å². The molecule has 0 spiro atoms. The van der Waals surface area contributed by atoms with Gasteiger partial charge >= 0.3 is 0 Å². The molecule has 0 saturated heterocycles. The van der Waals surface area contributed by atoms with E-state index in [2.05, 4.69) is 36.1 Å². The molecule has 0 radical (unpaired) electrons. The van der Waals surface area contributed by atoms with Gasteiger partial charge in [-0.1, -0.05) is 44.2 Å². The SMILES string of the molecule is CC(C)c1ccc(-n2cc3c(=O)[nH]c4ccccc4c3n2)cc1. The van der Waals surface area contributed by atoms with Gasteiger partial charge in [-0.2, -0.15) is 5.10 Å². The van der Waals surface area contributed by atoms with E-state index in [1.54, 1.807) is 10.9 Å². The van der Waals surface area contributed by atoms with E-state index in [1.807, 2.05) is 36.4 Å². The van der Waals surface area contributed by atoms with E-state index in [0.29, 0.717) is 11.3 Å². The maximum absolute atomic E-state index is 12.3. The van der Waals surface area contributed by atoms with Crippen molar-refractivity contribution in [2.24, 2.45) is 0 Å². The number of H-pyrrole nitrogens is 1. The second kappa shape index (κ2) is 5.09. The van der Waals surface area contributed by atoms with Gasteiger partial charge in [0.2, 0.25) is 0 Å². The fraction of sp³-hybridized carbons (Fsp3) is 0.158. The third kappa shape index (κ3) is 2.23. The molecule has 4 nitrogen and oxygen atoms in total. The maximum atomic E-state index is 12.3. The fourth-order valence-corrected chi connectivity index (χ4v) is 2.87. The Morgan fingerprint density at radius 2 is 1.74 bits per heavy atom. The summed E-state index contributed by atoms with van der Waals surface area (Å²) in [5.74, 6) is 0.493. The standard InChI is InChI=1S/C19H17N3O/c1-12(2)13-7-9-14(10-8-13)22-11-16-18(21-22)15-5-3-4-6-17(15)20-19(16)23/h3-12H,1-2H3,(H,20,23). The molecule has 1 N–H and O–H groups in total. The Morgan fingerprint density at radius 1 is 1.00 bits per heavy atom. The van der Waals surface area contributed by atoms with Crippen molar-refractivity contribution in [2.45, 2.75) is 19.8 Å². The summed E-state index contributed by atoms with van der Waals surface area (Å²) in [4.78, 5) is 15.2. The van der Waals surface area contributed by atoms with Crippen molar-refractivity contribution in [3.63, 3.8) is 0 Å². The minimum atomic E-state index is -0.108. The van der Waals surface area contributed by atoms with E-state index in [1.165, 1.54) is 5.56 Å². The molecule has 0 saturated carbocycles. The topological polar surface area (TPSA) is 50.7 Å². The molecule has 0 aliphatic heterocycles. The first-order valence-electron chi connectivity index (χ1n) is 7.74. The highest BCUT2D eigenvalue weighted by Crippen LogP contribution is 2.22. The first kappa shape index (κ1) is 13.8. The average molecular weight is 303 g/mol. The number of aromatic amines is 1. The van der Waals surface area contributed by atoms with Crippen LogP contribution in [-0.2, 0) is 0 Å². The molecule has 0 aliphatic carbocycles. The van der Waals surface area contributed by atoms with Crippen molar-refractivity contribution in [1.29, 1.82) is 0 Å². The number of hydrogen-bond donors (Lipinski definition) is 1. The molecule has 0 bridgehead atoms. The number of aromatic nitrogens is 3. The van der Waals surface area contributed by atoms with Gasteiger partial charge < -0.3 is 4.98 Å². The van der Waals surface area contributed by atoms with Crippen molar-refractivity contribution in [3.8, 4) is 5.69 Å². The van der Waals surface area contributed by atoms with Crippen LogP contribution in [0.1, 0.15) is 25.3 Å². The minimum absolute atomic E-state index is 0.108. The highest BCUT2D eigenvalue weighted by atomic mass is 16.1. The normalized spacial score (nSPS) is 11.6. The lowest BCUT2D eigenvalue weighted by atomic mass is 10.0. The molecule has 4 aromatic rings. The van der Waals surface area contributed by atoms with E-state index in [9.17, 15) is 4.79 Å². The van der Waals surface area contributed by atoms with Gasteiger partial charge in [0.05, 0.1) is 16.6 Å². The van der Waals surface area contributed by atoms with Crippen LogP contribution in [-0.4, -0.2) is 14.8 Å². The molecule has 2 aromatic carbocycles. The summed E-state index contributed by atoms with van der Waals surface area (Å²) < 4.78 is 1.77. The van der Waals surface area contributed by atoms with Gasteiger partial charge in [0.25, 0.3) is 5.56 Å². The molecule has 0 fully saturated rings. The molecule has 114 valence electrons. The highest BCUT2D eigenvalue weighted by molar-refractivity contribution is 6.02. The number of fused-ring (bicyclic) bond motifs is 3. The maximum Gasteiger partial charge on any atom is 0.259 e. The zero-order valence-corrected chi connectivity index (χ0v) is 13.1. The second-order valence-corrected chi connectivity index (χ2v) is 6.08. The van der Waals surface area contributed by atoms with E-state index in [0.717, 1.165) is 22.1 Å². The Kier molecular flexibility index (Phi) is 3.05. The monoisotopic (exact) mass is 303 g/mol. The average Bonchev–Trinajstić information content (AvgIpc) is 3.01. The second-order valence-electron chi connectivity index (χ2n) is 6.08. The molecule has 2 heterocycles. The van der Waals surface area contributed by atoms with Crippen LogP contribution in [0.2, 0.25) is 0 Å². The molecule has 23 heavy (non-hydrogen) atoms. The summed E-state index contributed by atoms with van der Waals surface area (Å²) in [5, 5.41) is 6.21. The van der Waals surface area contributed by atoms with Crippen molar-refractivity contribution in [1.82, 2.24) is 14.8 Å². The van der Waals surface area contributed by atoms with Gasteiger partial charge in [0.15, 0.2) is 0 Å². The lowest BCUT2D eigenvalue weighted by Crippen LogP contribution is -2.04. The number of nitrogens with zero attached hydrogens (tertiary/aromatic N) is 2. The van der Waals surface area contributed by atoms with Crippen molar-refractivity contribution in [2.75, 3.05) is 0 Å². The van der Waals surface area contributed by atoms with Crippen LogP contribution in [0, 0.1) is 0 Å². The van der Waals surface area contributed by atoms with Crippen LogP contribution in [0.25, 0.3) is 27.5 Å².